The number of hydrogen-bond acceptors (Lipinski definition) is 4. The van der Waals surface area contributed by atoms with E-state index in [1.807, 2.05) is 0 Å². The Morgan fingerprint density at radius 3 is 2.44 bits per heavy atom. The second-order valence-corrected chi connectivity index (χ2v) is 7.87. The third kappa shape index (κ3) is 4.81. The molecular weight excluding hydrogens is 373 g/mol. The zero-order valence-electron chi connectivity index (χ0n) is 15.4. The standard InChI is InChI=1S/C18H22FN3O4S/c1-4-22(5-2)27(25,26)15-7-9-18(24)21(11-15)12-17(23)20-16-8-6-14(19)10-13(16)3/h6-11H,4-5,12H2,1-3H3,(H,20,23). The van der Waals surface area contributed by atoms with Crippen LogP contribution in [0.1, 0.15) is 19.4 Å². The maximum Gasteiger partial charge on any atom is 0.251 e. The monoisotopic (exact) mass is 395 g/mol. The van der Waals surface area contributed by atoms with Crippen molar-refractivity contribution in [1.82, 2.24) is 8.87 Å². The number of nitrogens with zero attached hydrogens (tertiary/aromatic N) is 2. The molecule has 9 heteroatoms. The van der Waals surface area contributed by atoms with Crippen molar-refractivity contribution in [1.29, 1.82) is 0 Å². The Kier molecular flexibility index (Phi) is 6.50. The van der Waals surface area contributed by atoms with Gasteiger partial charge in [-0.2, -0.15) is 4.31 Å². The number of benzene rings is 1. The molecule has 0 fully saturated rings. The van der Waals surface area contributed by atoms with Gasteiger partial charge in [0.05, 0.1) is 4.90 Å². The van der Waals surface area contributed by atoms with Crippen LogP contribution in [-0.2, 0) is 21.4 Å². The van der Waals surface area contributed by atoms with E-state index in [2.05, 4.69) is 5.32 Å². The molecule has 2 rings (SSSR count). The first-order chi connectivity index (χ1) is 12.7. The normalized spacial score (nSPS) is 11.6. The molecule has 7 nitrogen and oxygen atoms in total. The van der Waals surface area contributed by atoms with E-state index < -0.39 is 27.3 Å². The van der Waals surface area contributed by atoms with Gasteiger partial charge in [-0.3, -0.25) is 9.59 Å². The fraction of sp³-hybridized carbons (Fsp3) is 0.333. The molecule has 146 valence electrons. The van der Waals surface area contributed by atoms with E-state index in [1.165, 1.54) is 28.6 Å². The smallest absolute Gasteiger partial charge is 0.251 e. The van der Waals surface area contributed by atoms with Gasteiger partial charge >= 0.3 is 0 Å². The SMILES string of the molecule is CCN(CC)S(=O)(=O)c1ccc(=O)n(CC(=O)Nc2ccc(F)cc2C)c1. The van der Waals surface area contributed by atoms with Crippen molar-refractivity contribution in [2.24, 2.45) is 0 Å². The number of amides is 1. The van der Waals surface area contributed by atoms with Crippen LogP contribution < -0.4 is 10.9 Å². The van der Waals surface area contributed by atoms with Crippen LogP contribution in [0.4, 0.5) is 10.1 Å². The highest BCUT2D eigenvalue weighted by molar-refractivity contribution is 7.89. The largest absolute Gasteiger partial charge is 0.324 e. The summed E-state index contributed by atoms with van der Waals surface area (Å²) in [4.78, 5) is 24.2. The van der Waals surface area contributed by atoms with Crippen molar-refractivity contribution in [3.05, 3.63) is 58.3 Å². The van der Waals surface area contributed by atoms with Crippen molar-refractivity contribution >= 4 is 21.6 Å². The summed E-state index contributed by atoms with van der Waals surface area (Å²) in [6.45, 7) is 5.30. The average molecular weight is 395 g/mol. The van der Waals surface area contributed by atoms with Crippen molar-refractivity contribution in [2.75, 3.05) is 18.4 Å². The number of nitrogens with one attached hydrogen (secondary N) is 1. The number of hydrogen-bond donors (Lipinski definition) is 1. The molecule has 0 atom stereocenters. The van der Waals surface area contributed by atoms with E-state index in [9.17, 15) is 22.4 Å². The van der Waals surface area contributed by atoms with E-state index in [4.69, 9.17) is 0 Å². The second kappa shape index (κ2) is 8.45. The van der Waals surface area contributed by atoms with E-state index >= 15 is 0 Å². The molecule has 1 aromatic carbocycles. The number of sulfonamides is 1. The van der Waals surface area contributed by atoms with Gasteiger partial charge in [0.15, 0.2) is 0 Å². The molecule has 1 amide bonds. The number of aryl methyl sites for hydroxylation is 1. The number of carbonyl (C=O) groups excluding carboxylic acids is 1. The summed E-state index contributed by atoms with van der Waals surface area (Å²) in [7, 11) is -3.75. The molecular formula is C18H22FN3O4S. The lowest BCUT2D eigenvalue weighted by molar-refractivity contribution is -0.116. The van der Waals surface area contributed by atoms with Crippen molar-refractivity contribution < 1.29 is 17.6 Å². The molecule has 0 saturated carbocycles. The number of anilines is 1. The summed E-state index contributed by atoms with van der Waals surface area (Å²) in [5.41, 5.74) is 0.453. The maximum absolute atomic E-state index is 13.1. The molecule has 2 aromatic rings. The summed E-state index contributed by atoms with van der Waals surface area (Å²) in [6, 6.07) is 6.26. The minimum atomic E-state index is -3.75. The van der Waals surface area contributed by atoms with Crippen LogP contribution in [-0.4, -0.2) is 36.3 Å². The number of carbonyl (C=O) groups is 1. The summed E-state index contributed by atoms with van der Waals surface area (Å²) in [6.07, 6.45) is 1.16. The third-order valence-corrected chi connectivity index (χ3v) is 6.11. The number of halogens is 1. The van der Waals surface area contributed by atoms with Gasteiger partial charge in [-0.1, -0.05) is 13.8 Å². The van der Waals surface area contributed by atoms with Crippen LogP contribution in [0.5, 0.6) is 0 Å². The molecule has 1 aromatic heterocycles. The minimum absolute atomic E-state index is 0.0587. The van der Waals surface area contributed by atoms with Crippen LogP contribution in [0, 0.1) is 12.7 Å². The Hall–Kier alpha value is -2.52. The van der Waals surface area contributed by atoms with E-state index in [0.717, 1.165) is 16.8 Å². The van der Waals surface area contributed by atoms with Gasteiger partial charge in [-0.05, 0) is 36.8 Å². The van der Waals surface area contributed by atoms with Crippen molar-refractivity contribution in [3.8, 4) is 0 Å². The molecule has 0 aliphatic heterocycles. The Morgan fingerprint density at radius 1 is 1.19 bits per heavy atom. The number of rotatable bonds is 7. The Balaban J connectivity index is 2.26. The first kappa shape index (κ1) is 20.8. The molecule has 0 radical (unpaired) electrons. The van der Waals surface area contributed by atoms with Gasteiger partial charge in [0, 0.05) is 31.0 Å². The van der Waals surface area contributed by atoms with Crippen LogP contribution in [0.15, 0.2) is 46.2 Å². The zero-order valence-corrected chi connectivity index (χ0v) is 16.2. The highest BCUT2D eigenvalue weighted by atomic mass is 32.2. The van der Waals surface area contributed by atoms with Crippen LogP contribution >= 0.6 is 0 Å². The van der Waals surface area contributed by atoms with Crippen LogP contribution in [0.3, 0.4) is 0 Å². The predicted molar refractivity (Wildman–Crippen MR) is 101 cm³/mol. The van der Waals surface area contributed by atoms with Crippen molar-refractivity contribution in [3.63, 3.8) is 0 Å². The number of pyridine rings is 1. The van der Waals surface area contributed by atoms with E-state index in [0.29, 0.717) is 24.3 Å². The Bertz CT molecular complexity index is 998. The third-order valence-electron chi connectivity index (χ3n) is 4.08. The van der Waals surface area contributed by atoms with Crippen LogP contribution in [0.25, 0.3) is 0 Å². The summed E-state index contributed by atoms with van der Waals surface area (Å²) in [5.74, 6) is -0.944. The van der Waals surface area contributed by atoms with Gasteiger partial charge in [0.1, 0.15) is 12.4 Å². The molecule has 0 bridgehead atoms. The fourth-order valence-electron chi connectivity index (χ4n) is 2.61. The molecule has 0 aliphatic rings. The molecule has 27 heavy (non-hydrogen) atoms. The lowest BCUT2D eigenvalue weighted by Gasteiger charge is -2.19. The predicted octanol–water partition coefficient (Wildman–Crippen LogP) is 1.97. The van der Waals surface area contributed by atoms with Crippen LogP contribution in [0.2, 0.25) is 0 Å². The quantitative estimate of drug-likeness (QED) is 0.776. The Labute approximate surface area is 157 Å². The molecule has 0 saturated heterocycles. The zero-order chi connectivity index (χ0) is 20.2. The highest BCUT2D eigenvalue weighted by Crippen LogP contribution is 2.16. The Morgan fingerprint density at radius 2 is 1.85 bits per heavy atom. The van der Waals surface area contributed by atoms with Gasteiger partial charge in [-0.15, -0.1) is 0 Å². The summed E-state index contributed by atoms with van der Waals surface area (Å²) in [5, 5.41) is 2.59. The lowest BCUT2D eigenvalue weighted by atomic mass is 10.2. The number of aromatic nitrogens is 1. The molecule has 1 N–H and O–H groups in total. The molecule has 0 spiro atoms. The average Bonchev–Trinajstić information content (AvgIpc) is 2.60. The first-order valence-corrected chi connectivity index (χ1v) is 9.89. The topological polar surface area (TPSA) is 88.5 Å². The minimum Gasteiger partial charge on any atom is -0.324 e. The van der Waals surface area contributed by atoms with E-state index in [-0.39, 0.29) is 11.4 Å². The maximum atomic E-state index is 13.1. The first-order valence-electron chi connectivity index (χ1n) is 8.45. The highest BCUT2D eigenvalue weighted by Gasteiger charge is 2.22. The molecule has 0 aliphatic carbocycles. The second-order valence-electron chi connectivity index (χ2n) is 5.93. The lowest BCUT2D eigenvalue weighted by Crippen LogP contribution is -2.33. The molecule has 1 heterocycles. The molecule has 0 unspecified atom stereocenters. The van der Waals surface area contributed by atoms with Gasteiger partial charge in [-0.25, -0.2) is 12.8 Å². The fourth-order valence-corrected chi connectivity index (χ4v) is 4.09. The van der Waals surface area contributed by atoms with Crippen molar-refractivity contribution in [2.45, 2.75) is 32.2 Å². The van der Waals surface area contributed by atoms with E-state index in [1.54, 1.807) is 20.8 Å². The van der Waals surface area contributed by atoms with Gasteiger partial charge < -0.3 is 9.88 Å². The van der Waals surface area contributed by atoms with Gasteiger partial charge in [0.2, 0.25) is 15.9 Å². The van der Waals surface area contributed by atoms with Gasteiger partial charge in [0.25, 0.3) is 5.56 Å². The summed E-state index contributed by atoms with van der Waals surface area (Å²) >= 11 is 0. The summed E-state index contributed by atoms with van der Waals surface area (Å²) < 4.78 is 40.6.